The van der Waals surface area contributed by atoms with Crippen LogP contribution in [0.3, 0.4) is 0 Å². The van der Waals surface area contributed by atoms with Crippen molar-refractivity contribution in [2.75, 3.05) is 26.8 Å². The molecule has 0 saturated carbocycles. The van der Waals surface area contributed by atoms with Crippen molar-refractivity contribution in [2.24, 2.45) is 5.73 Å². The van der Waals surface area contributed by atoms with Gasteiger partial charge < -0.3 is 14.9 Å². The summed E-state index contributed by atoms with van der Waals surface area (Å²) in [6, 6.07) is 8.10. The lowest BCUT2D eigenvalue weighted by atomic mass is 10.1. The van der Waals surface area contributed by atoms with Crippen molar-refractivity contribution in [3.05, 3.63) is 35.6 Å². The van der Waals surface area contributed by atoms with Gasteiger partial charge >= 0.3 is 0 Å². The molecule has 0 amide bonds. The minimum atomic E-state index is 0.436. The molecule has 0 atom stereocenters. The highest BCUT2D eigenvalue weighted by Crippen LogP contribution is 2.26. The van der Waals surface area contributed by atoms with Crippen LogP contribution in [-0.4, -0.2) is 31.7 Å². The SMILES string of the molecule is CCN(CCOC)Cc1c(CN)oc2ccccc12. The summed E-state index contributed by atoms with van der Waals surface area (Å²) >= 11 is 0. The van der Waals surface area contributed by atoms with Crippen LogP contribution in [0.1, 0.15) is 18.2 Å². The standard InChI is InChI=1S/C15H22N2O2/c1-3-17(8-9-18-2)11-13-12-6-4-5-7-14(12)19-15(13)10-16/h4-7H,3,8-11,16H2,1-2H3. The van der Waals surface area contributed by atoms with Gasteiger partial charge in [0.2, 0.25) is 0 Å². The van der Waals surface area contributed by atoms with Crippen LogP contribution in [-0.2, 0) is 17.8 Å². The van der Waals surface area contributed by atoms with E-state index in [-0.39, 0.29) is 0 Å². The summed E-state index contributed by atoms with van der Waals surface area (Å²) in [4.78, 5) is 2.33. The number of nitrogens with zero attached hydrogens (tertiary/aromatic N) is 1. The van der Waals surface area contributed by atoms with Crippen molar-refractivity contribution in [3.63, 3.8) is 0 Å². The van der Waals surface area contributed by atoms with E-state index in [2.05, 4.69) is 17.9 Å². The van der Waals surface area contributed by atoms with E-state index in [0.717, 1.165) is 37.6 Å². The fraction of sp³-hybridized carbons (Fsp3) is 0.467. The average molecular weight is 262 g/mol. The van der Waals surface area contributed by atoms with Crippen LogP contribution >= 0.6 is 0 Å². The molecule has 0 aliphatic heterocycles. The van der Waals surface area contributed by atoms with Gasteiger partial charge in [-0.1, -0.05) is 25.1 Å². The molecule has 0 aliphatic carbocycles. The topological polar surface area (TPSA) is 51.6 Å². The molecular weight excluding hydrogens is 240 g/mol. The molecule has 2 N–H and O–H groups in total. The molecule has 4 heteroatoms. The first-order chi connectivity index (χ1) is 9.30. The van der Waals surface area contributed by atoms with Gasteiger partial charge in [0.15, 0.2) is 0 Å². The van der Waals surface area contributed by atoms with Crippen LogP contribution in [0.25, 0.3) is 11.0 Å². The molecule has 0 radical (unpaired) electrons. The predicted molar refractivity (Wildman–Crippen MR) is 76.9 cm³/mol. The van der Waals surface area contributed by atoms with Gasteiger partial charge in [-0.05, 0) is 12.6 Å². The van der Waals surface area contributed by atoms with Crippen LogP contribution in [0.5, 0.6) is 0 Å². The summed E-state index contributed by atoms with van der Waals surface area (Å²) in [5.74, 6) is 0.886. The number of hydrogen-bond acceptors (Lipinski definition) is 4. The zero-order valence-electron chi connectivity index (χ0n) is 11.7. The van der Waals surface area contributed by atoms with E-state index in [1.807, 2.05) is 18.2 Å². The lowest BCUT2D eigenvalue weighted by Crippen LogP contribution is -2.27. The lowest BCUT2D eigenvalue weighted by Gasteiger charge is -2.19. The van der Waals surface area contributed by atoms with E-state index in [4.69, 9.17) is 14.9 Å². The second kappa shape index (κ2) is 6.70. The van der Waals surface area contributed by atoms with Gasteiger partial charge in [0.1, 0.15) is 11.3 Å². The molecule has 0 saturated heterocycles. The maximum atomic E-state index is 5.82. The number of nitrogens with two attached hydrogens (primary N) is 1. The zero-order chi connectivity index (χ0) is 13.7. The van der Waals surface area contributed by atoms with Crippen LogP contribution in [0.15, 0.2) is 28.7 Å². The Kier molecular flexibility index (Phi) is 4.96. The average Bonchev–Trinajstić information content (AvgIpc) is 2.81. The van der Waals surface area contributed by atoms with Gasteiger partial charge in [0.05, 0.1) is 13.2 Å². The molecule has 0 bridgehead atoms. The molecule has 0 fully saturated rings. The highest BCUT2D eigenvalue weighted by Gasteiger charge is 2.15. The third-order valence-corrected chi connectivity index (χ3v) is 3.41. The summed E-state index contributed by atoms with van der Waals surface area (Å²) in [7, 11) is 1.73. The number of para-hydroxylation sites is 1. The Labute approximate surface area is 114 Å². The minimum Gasteiger partial charge on any atom is -0.459 e. The minimum absolute atomic E-state index is 0.436. The van der Waals surface area contributed by atoms with Gasteiger partial charge in [-0.3, -0.25) is 4.90 Å². The Morgan fingerprint density at radius 3 is 2.79 bits per heavy atom. The number of ether oxygens (including phenoxy) is 1. The molecule has 0 unspecified atom stereocenters. The lowest BCUT2D eigenvalue weighted by molar-refractivity contribution is 0.147. The van der Waals surface area contributed by atoms with Crippen LogP contribution in [0.4, 0.5) is 0 Å². The van der Waals surface area contributed by atoms with E-state index < -0.39 is 0 Å². The number of rotatable bonds is 7. The Bertz CT molecular complexity index is 522. The summed E-state index contributed by atoms with van der Waals surface area (Å²) < 4.78 is 11.0. The van der Waals surface area contributed by atoms with E-state index in [1.165, 1.54) is 10.9 Å². The van der Waals surface area contributed by atoms with E-state index in [9.17, 15) is 0 Å². The Morgan fingerprint density at radius 1 is 1.32 bits per heavy atom. The van der Waals surface area contributed by atoms with Crippen molar-refractivity contribution in [1.82, 2.24) is 4.90 Å². The second-order valence-corrected chi connectivity index (χ2v) is 4.57. The number of likely N-dealkylation sites (N-methyl/N-ethyl adjacent to an activating group) is 1. The zero-order valence-corrected chi connectivity index (χ0v) is 11.7. The number of furan rings is 1. The molecule has 19 heavy (non-hydrogen) atoms. The second-order valence-electron chi connectivity index (χ2n) is 4.57. The molecule has 2 rings (SSSR count). The van der Waals surface area contributed by atoms with Crippen LogP contribution in [0, 0.1) is 0 Å². The van der Waals surface area contributed by atoms with Gasteiger partial charge in [0.25, 0.3) is 0 Å². The highest BCUT2D eigenvalue weighted by molar-refractivity contribution is 5.82. The highest BCUT2D eigenvalue weighted by atomic mass is 16.5. The molecule has 0 aliphatic rings. The summed E-state index contributed by atoms with van der Waals surface area (Å²) in [6.45, 7) is 6.07. The fourth-order valence-corrected chi connectivity index (χ4v) is 2.28. The Morgan fingerprint density at radius 2 is 2.11 bits per heavy atom. The first-order valence-corrected chi connectivity index (χ1v) is 6.70. The first-order valence-electron chi connectivity index (χ1n) is 6.70. The van der Waals surface area contributed by atoms with Crippen molar-refractivity contribution >= 4 is 11.0 Å². The Balaban J connectivity index is 2.26. The molecule has 2 aromatic rings. The van der Waals surface area contributed by atoms with E-state index >= 15 is 0 Å². The number of methoxy groups -OCH3 is 1. The monoisotopic (exact) mass is 262 g/mol. The predicted octanol–water partition coefficient (Wildman–Crippen LogP) is 2.36. The maximum absolute atomic E-state index is 5.82. The van der Waals surface area contributed by atoms with Crippen molar-refractivity contribution in [1.29, 1.82) is 0 Å². The van der Waals surface area contributed by atoms with Crippen molar-refractivity contribution in [3.8, 4) is 0 Å². The van der Waals surface area contributed by atoms with Gasteiger partial charge in [-0.15, -0.1) is 0 Å². The van der Waals surface area contributed by atoms with Crippen molar-refractivity contribution < 1.29 is 9.15 Å². The maximum Gasteiger partial charge on any atom is 0.134 e. The summed E-state index contributed by atoms with van der Waals surface area (Å²) in [5.41, 5.74) is 7.92. The molecule has 104 valence electrons. The van der Waals surface area contributed by atoms with Crippen LogP contribution < -0.4 is 5.73 Å². The first kappa shape index (κ1) is 14.1. The fourth-order valence-electron chi connectivity index (χ4n) is 2.28. The van der Waals surface area contributed by atoms with Crippen LogP contribution in [0.2, 0.25) is 0 Å². The van der Waals surface area contributed by atoms with E-state index in [1.54, 1.807) is 7.11 Å². The summed E-state index contributed by atoms with van der Waals surface area (Å²) in [5, 5.41) is 1.17. The smallest absolute Gasteiger partial charge is 0.134 e. The number of hydrogen-bond donors (Lipinski definition) is 1. The van der Waals surface area contributed by atoms with Gasteiger partial charge in [-0.25, -0.2) is 0 Å². The van der Waals surface area contributed by atoms with Gasteiger partial charge in [-0.2, -0.15) is 0 Å². The Hall–Kier alpha value is -1.36. The molecule has 4 nitrogen and oxygen atoms in total. The quantitative estimate of drug-likeness (QED) is 0.832. The molecule has 1 aromatic carbocycles. The van der Waals surface area contributed by atoms with Gasteiger partial charge in [0, 0.05) is 31.1 Å². The number of fused-ring (bicyclic) bond motifs is 1. The molecule has 1 aromatic heterocycles. The van der Waals surface area contributed by atoms with E-state index in [0.29, 0.717) is 6.54 Å². The molecule has 1 heterocycles. The summed E-state index contributed by atoms with van der Waals surface area (Å²) in [6.07, 6.45) is 0. The third kappa shape index (κ3) is 3.15. The number of benzene rings is 1. The molecular formula is C15H22N2O2. The molecule has 0 spiro atoms. The van der Waals surface area contributed by atoms with Crippen molar-refractivity contribution in [2.45, 2.75) is 20.0 Å². The normalized spacial score (nSPS) is 11.6. The largest absolute Gasteiger partial charge is 0.459 e. The third-order valence-electron chi connectivity index (χ3n) is 3.41.